The Morgan fingerprint density at radius 3 is 1.88 bits per heavy atom. The summed E-state index contributed by atoms with van der Waals surface area (Å²) in [4.78, 5) is 0.346. The standard InChI is InChI=1S/C13H10FNOS/c14-10-3-7-12(8-4-10)16-11-5-1-9(2-6-11)13(15)17/h1-8H,(H2,15,17). The van der Waals surface area contributed by atoms with Crippen LogP contribution in [0.25, 0.3) is 0 Å². The molecule has 0 unspecified atom stereocenters. The molecule has 2 N–H and O–H groups in total. The van der Waals surface area contributed by atoms with Crippen LogP contribution in [0.15, 0.2) is 48.5 Å². The molecule has 0 aliphatic rings. The third-order valence-corrected chi connectivity index (χ3v) is 2.42. The number of hydrogen-bond acceptors (Lipinski definition) is 2. The number of ether oxygens (including phenoxy) is 1. The van der Waals surface area contributed by atoms with Gasteiger partial charge in [-0.3, -0.25) is 0 Å². The summed E-state index contributed by atoms with van der Waals surface area (Å²) in [6.07, 6.45) is 0. The summed E-state index contributed by atoms with van der Waals surface area (Å²) in [5, 5.41) is 0. The van der Waals surface area contributed by atoms with Gasteiger partial charge < -0.3 is 10.5 Å². The lowest BCUT2D eigenvalue weighted by Gasteiger charge is -2.06. The van der Waals surface area contributed by atoms with E-state index < -0.39 is 0 Å². The zero-order chi connectivity index (χ0) is 12.3. The van der Waals surface area contributed by atoms with E-state index in [1.54, 1.807) is 36.4 Å². The van der Waals surface area contributed by atoms with Gasteiger partial charge in [-0.2, -0.15) is 0 Å². The molecule has 0 aliphatic carbocycles. The molecule has 0 saturated carbocycles. The van der Waals surface area contributed by atoms with Crippen LogP contribution in [0.1, 0.15) is 5.56 Å². The van der Waals surface area contributed by atoms with Crippen LogP contribution >= 0.6 is 12.2 Å². The van der Waals surface area contributed by atoms with Gasteiger partial charge in [-0.15, -0.1) is 0 Å². The fourth-order valence-corrected chi connectivity index (χ4v) is 1.46. The Kier molecular flexibility index (Phi) is 3.35. The van der Waals surface area contributed by atoms with Crippen LogP contribution in [0.5, 0.6) is 11.5 Å². The quantitative estimate of drug-likeness (QED) is 0.845. The first kappa shape index (κ1) is 11.5. The highest BCUT2D eigenvalue weighted by Crippen LogP contribution is 2.21. The minimum Gasteiger partial charge on any atom is -0.457 e. The Hall–Kier alpha value is -1.94. The maximum Gasteiger partial charge on any atom is 0.127 e. The van der Waals surface area contributed by atoms with E-state index >= 15 is 0 Å². The van der Waals surface area contributed by atoms with Gasteiger partial charge >= 0.3 is 0 Å². The third kappa shape index (κ3) is 3.01. The number of thiocarbonyl (C=S) groups is 1. The fraction of sp³-hybridized carbons (Fsp3) is 0. The molecular formula is C13H10FNOS. The molecule has 2 aromatic carbocycles. The van der Waals surface area contributed by atoms with Crippen molar-refractivity contribution in [3.8, 4) is 11.5 Å². The fourth-order valence-electron chi connectivity index (χ4n) is 1.33. The summed E-state index contributed by atoms with van der Waals surface area (Å²) in [5.41, 5.74) is 6.27. The van der Waals surface area contributed by atoms with Gasteiger partial charge in [0.1, 0.15) is 22.3 Å². The second-order valence-corrected chi connectivity index (χ2v) is 3.88. The molecule has 0 bridgehead atoms. The lowest BCUT2D eigenvalue weighted by Crippen LogP contribution is -2.08. The Labute approximate surface area is 104 Å². The number of hydrogen-bond donors (Lipinski definition) is 1. The Balaban J connectivity index is 2.13. The van der Waals surface area contributed by atoms with Crippen molar-refractivity contribution < 1.29 is 9.13 Å². The monoisotopic (exact) mass is 247 g/mol. The highest BCUT2D eigenvalue weighted by Gasteiger charge is 1.99. The van der Waals surface area contributed by atoms with Crippen LogP contribution in [0.3, 0.4) is 0 Å². The van der Waals surface area contributed by atoms with E-state index in [-0.39, 0.29) is 5.82 Å². The molecule has 2 aromatic rings. The van der Waals surface area contributed by atoms with Crippen LogP contribution in [-0.2, 0) is 0 Å². The van der Waals surface area contributed by atoms with Gasteiger partial charge in [0, 0.05) is 5.56 Å². The highest BCUT2D eigenvalue weighted by atomic mass is 32.1. The van der Waals surface area contributed by atoms with Crippen LogP contribution in [0.2, 0.25) is 0 Å². The summed E-state index contributed by atoms with van der Waals surface area (Å²) in [6, 6.07) is 12.9. The van der Waals surface area contributed by atoms with E-state index in [0.717, 1.165) is 5.56 Å². The predicted octanol–water partition coefficient (Wildman–Crippen LogP) is 3.25. The Morgan fingerprint density at radius 1 is 0.941 bits per heavy atom. The molecule has 17 heavy (non-hydrogen) atoms. The maximum atomic E-state index is 12.7. The lowest BCUT2D eigenvalue weighted by atomic mass is 10.2. The maximum absolute atomic E-state index is 12.7. The Bertz CT molecular complexity index is 522. The minimum atomic E-state index is -0.291. The van der Waals surface area contributed by atoms with Crippen molar-refractivity contribution in [2.75, 3.05) is 0 Å². The molecule has 0 fully saturated rings. The topological polar surface area (TPSA) is 35.2 Å². The zero-order valence-electron chi connectivity index (χ0n) is 8.89. The first-order valence-electron chi connectivity index (χ1n) is 4.98. The van der Waals surface area contributed by atoms with Crippen molar-refractivity contribution in [3.05, 3.63) is 59.9 Å². The summed E-state index contributed by atoms with van der Waals surface area (Å²) in [5.74, 6) is 0.937. The number of benzene rings is 2. The van der Waals surface area contributed by atoms with Crippen LogP contribution in [-0.4, -0.2) is 4.99 Å². The Morgan fingerprint density at radius 2 is 1.41 bits per heavy atom. The largest absolute Gasteiger partial charge is 0.457 e. The first-order valence-corrected chi connectivity index (χ1v) is 5.39. The summed E-state index contributed by atoms with van der Waals surface area (Å²) in [6.45, 7) is 0. The van der Waals surface area contributed by atoms with Crippen LogP contribution in [0, 0.1) is 5.82 Å². The van der Waals surface area contributed by atoms with E-state index in [1.807, 2.05) is 0 Å². The second-order valence-electron chi connectivity index (χ2n) is 3.44. The second kappa shape index (κ2) is 4.93. The molecule has 0 atom stereocenters. The molecule has 0 amide bonds. The van der Waals surface area contributed by atoms with E-state index in [2.05, 4.69) is 0 Å². The van der Waals surface area contributed by atoms with E-state index in [9.17, 15) is 4.39 Å². The van der Waals surface area contributed by atoms with Gasteiger partial charge in [0.25, 0.3) is 0 Å². The summed E-state index contributed by atoms with van der Waals surface area (Å²) < 4.78 is 18.2. The molecule has 2 rings (SSSR count). The smallest absolute Gasteiger partial charge is 0.127 e. The van der Waals surface area contributed by atoms with E-state index in [4.69, 9.17) is 22.7 Å². The molecule has 0 radical (unpaired) electrons. The van der Waals surface area contributed by atoms with Crippen molar-refractivity contribution in [1.29, 1.82) is 0 Å². The molecule has 2 nitrogen and oxygen atoms in total. The first-order chi connectivity index (χ1) is 8.15. The number of halogens is 1. The minimum absolute atomic E-state index is 0.291. The zero-order valence-corrected chi connectivity index (χ0v) is 9.71. The van der Waals surface area contributed by atoms with Gasteiger partial charge in [0.2, 0.25) is 0 Å². The van der Waals surface area contributed by atoms with Gasteiger partial charge in [0.15, 0.2) is 0 Å². The third-order valence-electron chi connectivity index (χ3n) is 2.19. The highest BCUT2D eigenvalue weighted by molar-refractivity contribution is 7.80. The molecule has 0 aromatic heterocycles. The molecule has 0 spiro atoms. The molecule has 4 heteroatoms. The SMILES string of the molecule is NC(=S)c1ccc(Oc2ccc(F)cc2)cc1. The van der Waals surface area contributed by atoms with Crippen molar-refractivity contribution in [2.45, 2.75) is 0 Å². The molecule has 0 heterocycles. The molecule has 0 aliphatic heterocycles. The van der Waals surface area contributed by atoms with Gasteiger partial charge in [-0.1, -0.05) is 12.2 Å². The lowest BCUT2D eigenvalue weighted by molar-refractivity contribution is 0.480. The van der Waals surface area contributed by atoms with Gasteiger partial charge in [-0.25, -0.2) is 4.39 Å². The average Bonchev–Trinajstić information content (AvgIpc) is 2.33. The molecule has 0 saturated heterocycles. The predicted molar refractivity (Wildman–Crippen MR) is 68.8 cm³/mol. The van der Waals surface area contributed by atoms with Crippen LogP contribution < -0.4 is 10.5 Å². The van der Waals surface area contributed by atoms with Crippen molar-refractivity contribution in [2.24, 2.45) is 5.73 Å². The number of rotatable bonds is 3. The van der Waals surface area contributed by atoms with Crippen molar-refractivity contribution in [3.63, 3.8) is 0 Å². The van der Waals surface area contributed by atoms with Crippen LogP contribution in [0.4, 0.5) is 4.39 Å². The number of nitrogens with two attached hydrogens (primary N) is 1. The van der Waals surface area contributed by atoms with Crippen molar-refractivity contribution in [1.82, 2.24) is 0 Å². The van der Waals surface area contributed by atoms with E-state index in [0.29, 0.717) is 16.5 Å². The van der Waals surface area contributed by atoms with E-state index in [1.165, 1.54) is 12.1 Å². The normalized spacial score (nSPS) is 9.94. The van der Waals surface area contributed by atoms with Crippen molar-refractivity contribution >= 4 is 17.2 Å². The summed E-state index contributed by atoms with van der Waals surface area (Å²) in [7, 11) is 0. The molecular weight excluding hydrogens is 237 g/mol. The summed E-state index contributed by atoms with van der Waals surface area (Å²) >= 11 is 4.84. The van der Waals surface area contributed by atoms with Gasteiger partial charge in [-0.05, 0) is 48.5 Å². The van der Waals surface area contributed by atoms with Gasteiger partial charge in [0.05, 0.1) is 0 Å². The molecule has 86 valence electrons. The average molecular weight is 247 g/mol.